The van der Waals surface area contributed by atoms with Gasteiger partial charge in [-0.1, -0.05) is 48.5 Å². The summed E-state index contributed by atoms with van der Waals surface area (Å²) in [5.74, 6) is 0.536. The molecule has 2 unspecified atom stereocenters. The number of aromatic hydroxyl groups is 1. The van der Waals surface area contributed by atoms with Crippen LogP contribution in [0.3, 0.4) is 0 Å². The predicted octanol–water partition coefficient (Wildman–Crippen LogP) is 4.61. The van der Waals surface area contributed by atoms with Crippen molar-refractivity contribution in [3.05, 3.63) is 106 Å². The predicted molar refractivity (Wildman–Crippen MR) is 202 cm³/mol. The Labute approximate surface area is 309 Å². The minimum Gasteiger partial charge on any atom is -0.506 e. The SMILES string of the molecule is O=C(CCc1ccc(OCCCCCNC[C@H](O)c2ccc(O)c3[nH]c(=O)ccc23)cc1)N1CC(C(=O)O)(c2ccccc2)[C@H]1C1CN2CCC1CC2. The lowest BCUT2D eigenvalue weighted by Gasteiger charge is -2.62. The minimum absolute atomic E-state index is 0.0231. The van der Waals surface area contributed by atoms with E-state index in [1.54, 1.807) is 12.1 Å². The first-order valence-electron chi connectivity index (χ1n) is 19.0. The van der Waals surface area contributed by atoms with E-state index >= 15 is 0 Å². The van der Waals surface area contributed by atoms with Crippen LogP contribution < -0.4 is 15.6 Å². The molecule has 11 heteroatoms. The van der Waals surface area contributed by atoms with Crippen molar-refractivity contribution in [3.8, 4) is 11.5 Å². The van der Waals surface area contributed by atoms with Crippen LogP contribution in [0.15, 0.2) is 83.7 Å². The van der Waals surface area contributed by atoms with E-state index in [2.05, 4.69) is 15.2 Å². The van der Waals surface area contributed by atoms with Crippen LogP contribution in [0.5, 0.6) is 11.5 Å². The molecule has 0 spiro atoms. The number of hydrogen-bond donors (Lipinski definition) is 5. The van der Waals surface area contributed by atoms with Gasteiger partial charge in [0.15, 0.2) is 0 Å². The van der Waals surface area contributed by atoms with Crippen molar-refractivity contribution in [2.24, 2.45) is 11.8 Å². The van der Waals surface area contributed by atoms with Crippen molar-refractivity contribution >= 4 is 22.8 Å². The first-order valence-corrected chi connectivity index (χ1v) is 19.0. The third-order valence-corrected chi connectivity index (χ3v) is 11.8. The molecule has 4 atom stereocenters. The zero-order chi connectivity index (χ0) is 37.0. The lowest BCUT2D eigenvalue weighted by Crippen LogP contribution is -2.76. The molecule has 4 aromatic rings. The van der Waals surface area contributed by atoms with Crippen LogP contribution in [0.1, 0.15) is 61.3 Å². The Hall–Kier alpha value is -4.71. The molecule has 4 aliphatic rings. The number of nitrogens with zero attached hydrogens (tertiary/aromatic N) is 2. The van der Waals surface area contributed by atoms with Crippen molar-refractivity contribution in [3.63, 3.8) is 0 Å². The van der Waals surface area contributed by atoms with E-state index in [0.717, 1.165) is 75.2 Å². The highest BCUT2D eigenvalue weighted by Crippen LogP contribution is 2.50. The molecule has 11 nitrogen and oxygen atoms in total. The fraction of sp³-hybridized carbons (Fsp3) is 0.452. The molecule has 5 N–H and O–H groups in total. The second-order valence-corrected chi connectivity index (χ2v) is 15.0. The van der Waals surface area contributed by atoms with Gasteiger partial charge in [-0.3, -0.25) is 14.4 Å². The number of carboxylic acid groups (broad SMARTS) is 1. The van der Waals surface area contributed by atoms with Gasteiger partial charge in [0.05, 0.1) is 24.3 Å². The van der Waals surface area contributed by atoms with Crippen molar-refractivity contribution < 1.29 is 29.6 Å². The largest absolute Gasteiger partial charge is 0.506 e. The van der Waals surface area contributed by atoms with Crippen molar-refractivity contribution in [1.82, 2.24) is 20.1 Å². The van der Waals surface area contributed by atoms with E-state index in [1.807, 2.05) is 59.5 Å². The van der Waals surface area contributed by atoms with E-state index in [-0.39, 0.29) is 35.7 Å². The first kappa shape index (κ1) is 36.6. The molecule has 2 bridgehead atoms. The lowest BCUT2D eigenvalue weighted by atomic mass is 9.58. The van der Waals surface area contributed by atoms with Crippen LogP contribution in [0, 0.1) is 11.8 Å². The Morgan fingerprint density at radius 3 is 2.45 bits per heavy atom. The van der Waals surface area contributed by atoms with Gasteiger partial charge in [0.1, 0.15) is 16.9 Å². The highest BCUT2D eigenvalue weighted by Gasteiger charge is 2.64. The Bertz CT molecular complexity index is 1940. The number of pyridine rings is 1. The number of H-pyrrole nitrogens is 1. The van der Waals surface area contributed by atoms with Crippen LogP contribution in [-0.2, 0) is 21.4 Å². The number of aliphatic hydroxyl groups excluding tert-OH is 1. The molecular weight excluding hydrogens is 672 g/mol. The van der Waals surface area contributed by atoms with E-state index in [1.165, 1.54) is 12.1 Å². The van der Waals surface area contributed by atoms with Crippen LogP contribution in [0.4, 0.5) is 0 Å². The number of carbonyl (C=O) groups is 2. The number of phenolic OH excluding ortho intramolecular Hbond substituents is 1. The number of aryl methyl sites for hydroxylation is 1. The summed E-state index contributed by atoms with van der Waals surface area (Å²) >= 11 is 0. The topological polar surface area (TPSA) is 155 Å². The van der Waals surface area contributed by atoms with Gasteiger partial charge < -0.3 is 40.2 Å². The number of aliphatic carboxylic acids is 1. The van der Waals surface area contributed by atoms with Crippen LogP contribution >= 0.6 is 0 Å². The number of fused-ring (bicyclic) bond motifs is 4. The molecule has 1 amide bonds. The number of rotatable bonds is 16. The number of phenols is 1. The van der Waals surface area contributed by atoms with Crippen LogP contribution in [-0.4, -0.2) is 93.9 Å². The number of aromatic amines is 1. The first-order chi connectivity index (χ1) is 25.7. The Morgan fingerprint density at radius 1 is 0.962 bits per heavy atom. The van der Waals surface area contributed by atoms with E-state index in [4.69, 9.17) is 4.74 Å². The molecule has 0 radical (unpaired) electrons. The average Bonchev–Trinajstić information content (AvgIpc) is 3.16. The van der Waals surface area contributed by atoms with Gasteiger partial charge in [-0.25, -0.2) is 0 Å². The molecule has 0 aliphatic carbocycles. The monoisotopic (exact) mass is 722 g/mol. The third kappa shape index (κ3) is 7.69. The maximum absolute atomic E-state index is 13.8. The molecule has 3 aromatic carbocycles. The Morgan fingerprint density at radius 2 is 1.74 bits per heavy atom. The number of benzene rings is 3. The molecule has 4 fully saturated rings. The van der Waals surface area contributed by atoms with Gasteiger partial charge in [0.25, 0.3) is 0 Å². The summed E-state index contributed by atoms with van der Waals surface area (Å²) in [7, 11) is 0. The number of amides is 1. The third-order valence-electron chi connectivity index (χ3n) is 11.8. The Kier molecular flexibility index (Phi) is 11.1. The summed E-state index contributed by atoms with van der Waals surface area (Å²) < 4.78 is 5.96. The number of carbonyl (C=O) groups excluding carboxylic acids is 1. The molecule has 8 rings (SSSR count). The van der Waals surface area contributed by atoms with E-state index < -0.39 is 17.5 Å². The van der Waals surface area contributed by atoms with Gasteiger partial charge in [0.2, 0.25) is 11.5 Å². The number of aromatic nitrogens is 1. The summed E-state index contributed by atoms with van der Waals surface area (Å²) in [5.41, 5.74) is 1.41. The summed E-state index contributed by atoms with van der Waals surface area (Å²) in [5, 5.41) is 35.4. The Balaban J connectivity index is 0.841. The molecule has 5 heterocycles. The summed E-state index contributed by atoms with van der Waals surface area (Å²) in [6.45, 7) is 4.86. The van der Waals surface area contributed by atoms with Crippen LogP contribution in [0.25, 0.3) is 10.9 Å². The second kappa shape index (κ2) is 16.1. The standard InChI is InChI=1S/C42H50N4O7/c47-35-16-14-32(33-15-17-37(49)44-39(33)35)36(48)25-43-21-5-2-6-24-53-31-12-9-28(10-13-31)11-18-38(50)46-27-42(41(51)52,30-7-3-1-4-8-30)40(46)34-26-45-22-19-29(34)20-23-45/h1,3-4,7-10,12-17,29,34,36,40,43,47-48H,2,5-6,11,18-27H2,(H,44,49)(H,51,52)/t34?,36-,40+,42?/m0/s1. The number of carboxylic acids is 1. The highest BCUT2D eigenvalue weighted by atomic mass is 16.5. The molecule has 280 valence electrons. The quantitative estimate of drug-likeness (QED) is 0.104. The number of likely N-dealkylation sites (tertiary alicyclic amines) is 1. The molecule has 1 aromatic heterocycles. The molecular formula is C42H50N4O7. The van der Waals surface area contributed by atoms with Crippen molar-refractivity contribution in [1.29, 1.82) is 0 Å². The van der Waals surface area contributed by atoms with E-state index in [0.29, 0.717) is 48.4 Å². The van der Waals surface area contributed by atoms with Gasteiger partial charge in [-0.05, 0) is 111 Å². The normalized spacial score (nSPS) is 24.1. The van der Waals surface area contributed by atoms with Crippen LogP contribution in [0.2, 0.25) is 0 Å². The number of hydrogen-bond acceptors (Lipinski definition) is 8. The highest BCUT2D eigenvalue weighted by molar-refractivity contribution is 5.90. The minimum atomic E-state index is -1.08. The zero-order valence-electron chi connectivity index (χ0n) is 30.1. The summed E-state index contributed by atoms with van der Waals surface area (Å²) in [6, 6.07) is 23.2. The van der Waals surface area contributed by atoms with Gasteiger partial charge >= 0.3 is 5.97 Å². The fourth-order valence-electron chi connectivity index (χ4n) is 8.90. The lowest BCUT2D eigenvalue weighted by molar-refractivity contribution is -0.175. The van der Waals surface area contributed by atoms with Gasteiger partial charge in [0, 0.05) is 37.5 Å². The summed E-state index contributed by atoms with van der Waals surface area (Å²) in [6.07, 6.45) is 5.02. The maximum atomic E-state index is 13.8. The smallest absolute Gasteiger partial charge is 0.318 e. The van der Waals surface area contributed by atoms with Gasteiger partial charge in [-0.15, -0.1) is 0 Å². The summed E-state index contributed by atoms with van der Waals surface area (Å²) in [4.78, 5) is 45.4. The van der Waals surface area contributed by atoms with Gasteiger partial charge in [-0.2, -0.15) is 0 Å². The molecule has 0 saturated carbocycles. The second-order valence-electron chi connectivity index (χ2n) is 15.0. The molecule has 53 heavy (non-hydrogen) atoms. The number of aliphatic hydroxyl groups is 1. The average molecular weight is 723 g/mol. The number of nitrogens with one attached hydrogen (secondary N) is 2. The number of ether oxygens (including phenoxy) is 1. The number of unbranched alkanes of at least 4 members (excludes halogenated alkanes) is 2. The molecule has 4 aliphatic heterocycles. The van der Waals surface area contributed by atoms with Crippen molar-refractivity contribution in [2.45, 2.75) is 62.5 Å². The molecule has 4 saturated heterocycles. The van der Waals surface area contributed by atoms with Crippen molar-refractivity contribution in [2.75, 3.05) is 45.9 Å². The maximum Gasteiger partial charge on any atom is 0.318 e. The van der Waals surface area contributed by atoms with E-state index in [9.17, 15) is 29.7 Å². The number of piperidine rings is 3. The fourth-order valence-corrected chi connectivity index (χ4v) is 8.90. The zero-order valence-corrected chi connectivity index (χ0v) is 30.1.